The van der Waals surface area contributed by atoms with Gasteiger partial charge in [0.25, 0.3) is 0 Å². The largest absolute Gasteiger partial charge is 0.494 e. The van der Waals surface area contributed by atoms with E-state index in [1.807, 2.05) is 49.9 Å². The molecule has 2 bridgehead atoms. The first kappa shape index (κ1) is 33.6. The van der Waals surface area contributed by atoms with Crippen LogP contribution in [0.3, 0.4) is 0 Å². The van der Waals surface area contributed by atoms with E-state index in [-0.39, 0.29) is 36.3 Å². The van der Waals surface area contributed by atoms with Gasteiger partial charge < -0.3 is 24.5 Å². The monoisotopic (exact) mass is 637 g/mol. The highest BCUT2D eigenvalue weighted by atomic mass is 32.2. The van der Waals surface area contributed by atoms with Gasteiger partial charge >= 0.3 is 0 Å². The number of nitrogens with zero attached hydrogens (tertiary/aromatic N) is 3. The Morgan fingerprint density at radius 1 is 1.09 bits per heavy atom. The SMILES string of the molecule is C=CCN(C(=O)[C@@H]1[C@H]2C(=O)N([C@@H](CO)C(C)C)C(C(=O)N(CC=C)C3CCCCC3)C23CC[C@@]1(C)S3)c1ccc(OCC)cc1. The molecular weight excluding hydrogens is 586 g/mol. The molecule has 9 heteroatoms. The molecule has 3 heterocycles. The Morgan fingerprint density at radius 2 is 1.76 bits per heavy atom. The number of anilines is 1. The number of fused-ring (bicyclic) bond motifs is 1. The number of hydrogen-bond donors (Lipinski definition) is 1. The van der Waals surface area contributed by atoms with Crippen LogP contribution < -0.4 is 9.64 Å². The van der Waals surface area contributed by atoms with Crippen LogP contribution in [0.15, 0.2) is 49.6 Å². The second-order valence-electron chi connectivity index (χ2n) is 13.7. The minimum Gasteiger partial charge on any atom is -0.494 e. The van der Waals surface area contributed by atoms with Crippen LogP contribution in [0.2, 0.25) is 0 Å². The van der Waals surface area contributed by atoms with Crippen LogP contribution in [0.5, 0.6) is 5.75 Å². The molecule has 1 aromatic carbocycles. The molecular formula is C36H51N3O5S. The van der Waals surface area contributed by atoms with Crippen molar-refractivity contribution in [2.45, 2.75) is 100 Å². The van der Waals surface area contributed by atoms with Crippen molar-refractivity contribution in [3.05, 3.63) is 49.6 Å². The fourth-order valence-electron chi connectivity index (χ4n) is 8.61. The predicted octanol–water partition coefficient (Wildman–Crippen LogP) is 5.45. The molecule has 3 saturated heterocycles. The molecule has 5 rings (SSSR count). The molecule has 8 nitrogen and oxygen atoms in total. The smallest absolute Gasteiger partial charge is 0.247 e. The van der Waals surface area contributed by atoms with Gasteiger partial charge in [-0.15, -0.1) is 24.9 Å². The fourth-order valence-corrected chi connectivity index (χ4v) is 10.9. The van der Waals surface area contributed by atoms with Gasteiger partial charge in [-0.25, -0.2) is 0 Å². The van der Waals surface area contributed by atoms with Crippen LogP contribution >= 0.6 is 11.8 Å². The number of thioether (sulfide) groups is 1. The number of aliphatic hydroxyl groups is 1. The summed E-state index contributed by atoms with van der Waals surface area (Å²) in [6, 6.07) is 6.28. The van der Waals surface area contributed by atoms with Crippen LogP contribution in [0.25, 0.3) is 0 Å². The summed E-state index contributed by atoms with van der Waals surface area (Å²) in [5, 5.41) is 10.7. The Labute approximate surface area is 273 Å². The van der Waals surface area contributed by atoms with E-state index in [1.54, 1.807) is 33.7 Å². The maximum atomic E-state index is 15.0. The van der Waals surface area contributed by atoms with Crippen molar-refractivity contribution in [3.8, 4) is 5.75 Å². The lowest BCUT2D eigenvalue weighted by molar-refractivity contribution is -0.148. The molecule has 6 atom stereocenters. The minimum atomic E-state index is -0.752. The highest BCUT2D eigenvalue weighted by Gasteiger charge is 2.78. The van der Waals surface area contributed by atoms with Crippen molar-refractivity contribution in [1.29, 1.82) is 0 Å². The topological polar surface area (TPSA) is 90.4 Å². The third-order valence-electron chi connectivity index (χ3n) is 10.7. The number of likely N-dealkylation sites (tertiary alicyclic amines) is 1. The van der Waals surface area contributed by atoms with Crippen LogP contribution in [0, 0.1) is 17.8 Å². The van der Waals surface area contributed by atoms with Crippen molar-refractivity contribution >= 4 is 35.2 Å². The molecule has 0 radical (unpaired) electrons. The average Bonchev–Trinajstić information content (AvgIpc) is 3.60. The number of amides is 3. The summed E-state index contributed by atoms with van der Waals surface area (Å²) in [4.78, 5) is 50.0. The molecule has 1 aliphatic carbocycles. The van der Waals surface area contributed by atoms with Gasteiger partial charge in [-0.1, -0.05) is 45.3 Å². The normalized spacial score (nSPS) is 29.9. The maximum absolute atomic E-state index is 15.0. The first-order valence-electron chi connectivity index (χ1n) is 16.8. The van der Waals surface area contributed by atoms with E-state index in [0.29, 0.717) is 31.8 Å². The molecule has 2 unspecified atom stereocenters. The molecule has 45 heavy (non-hydrogen) atoms. The standard InChI is InChI=1S/C36H51N3O5S/c1-7-21-37(26-15-17-27(18-16-26)44-9-3)32(41)29-30-33(42)39(28(23-40)24(4)5)31(36(30)20-19-35(29,6)45-36)34(43)38(22-8-2)25-13-11-10-12-14-25/h7-8,15-18,24-25,28-31,40H,1-2,9-14,19-23H2,3-6H3/t28-,29-,30-,31?,35+,36?/m0/s1. The molecule has 4 fully saturated rings. The van der Waals surface area contributed by atoms with E-state index in [1.165, 1.54) is 6.42 Å². The second-order valence-corrected chi connectivity index (χ2v) is 15.6. The minimum absolute atomic E-state index is 0.0592. The van der Waals surface area contributed by atoms with E-state index in [4.69, 9.17) is 4.74 Å². The summed E-state index contributed by atoms with van der Waals surface area (Å²) >= 11 is 1.68. The van der Waals surface area contributed by atoms with Gasteiger partial charge in [0, 0.05) is 29.6 Å². The molecule has 1 spiro atoms. The molecule has 3 aliphatic heterocycles. The molecule has 246 valence electrons. The maximum Gasteiger partial charge on any atom is 0.247 e. The zero-order valence-electron chi connectivity index (χ0n) is 27.5. The van der Waals surface area contributed by atoms with E-state index < -0.39 is 33.4 Å². The van der Waals surface area contributed by atoms with Crippen LogP contribution in [0.4, 0.5) is 5.69 Å². The van der Waals surface area contributed by atoms with Crippen molar-refractivity contribution in [3.63, 3.8) is 0 Å². The average molecular weight is 638 g/mol. The van der Waals surface area contributed by atoms with Crippen LogP contribution in [0.1, 0.15) is 72.6 Å². The molecule has 1 saturated carbocycles. The summed E-state index contributed by atoms with van der Waals surface area (Å²) in [6.07, 6.45) is 10.1. The lowest BCUT2D eigenvalue weighted by atomic mass is 9.66. The number of ether oxygens (including phenoxy) is 1. The van der Waals surface area contributed by atoms with E-state index in [9.17, 15) is 19.5 Å². The van der Waals surface area contributed by atoms with Crippen LogP contribution in [-0.4, -0.2) is 86.6 Å². The number of rotatable bonds is 13. The Balaban J connectivity index is 1.58. The van der Waals surface area contributed by atoms with Gasteiger partial charge in [0.2, 0.25) is 17.7 Å². The quantitative estimate of drug-likeness (QED) is 0.290. The fraction of sp³-hybridized carbons (Fsp3) is 0.639. The lowest BCUT2D eigenvalue weighted by Gasteiger charge is -2.43. The van der Waals surface area contributed by atoms with Crippen molar-refractivity contribution in [2.75, 3.05) is 31.2 Å². The Morgan fingerprint density at radius 3 is 2.33 bits per heavy atom. The summed E-state index contributed by atoms with van der Waals surface area (Å²) < 4.78 is 4.37. The first-order valence-corrected chi connectivity index (χ1v) is 17.6. The Hall–Kier alpha value is -2.78. The van der Waals surface area contributed by atoms with Crippen molar-refractivity contribution < 1.29 is 24.2 Å². The molecule has 1 aromatic rings. The molecule has 3 amide bonds. The predicted molar refractivity (Wildman–Crippen MR) is 180 cm³/mol. The van der Waals surface area contributed by atoms with Gasteiger partial charge in [-0.2, -0.15) is 0 Å². The third-order valence-corrected chi connectivity index (χ3v) is 12.7. The van der Waals surface area contributed by atoms with E-state index in [0.717, 1.165) is 37.9 Å². The molecule has 4 aliphatic rings. The van der Waals surface area contributed by atoms with Gasteiger partial charge in [0.15, 0.2) is 0 Å². The summed E-state index contributed by atoms with van der Waals surface area (Å²) in [6.45, 7) is 16.9. The van der Waals surface area contributed by atoms with E-state index >= 15 is 0 Å². The summed E-state index contributed by atoms with van der Waals surface area (Å²) in [7, 11) is 0. The van der Waals surface area contributed by atoms with Gasteiger partial charge in [0.05, 0.1) is 35.8 Å². The van der Waals surface area contributed by atoms with Crippen molar-refractivity contribution in [1.82, 2.24) is 9.80 Å². The van der Waals surface area contributed by atoms with Crippen LogP contribution in [-0.2, 0) is 14.4 Å². The van der Waals surface area contributed by atoms with Gasteiger partial charge in [0.1, 0.15) is 11.8 Å². The summed E-state index contributed by atoms with van der Waals surface area (Å²) in [5.41, 5.74) is 0.716. The lowest BCUT2D eigenvalue weighted by Crippen LogP contribution is -2.60. The number of hydrogen-bond acceptors (Lipinski definition) is 6. The Kier molecular flexibility index (Phi) is 10.1. The summed E-state index contributed by atoms with van der Waals surface area (Å²) in [5.74, 6) is -0.990. The number of benzene rings is 1. The second kappa shape index (κ2) is 13.5. The third kappa shape index (κ3) is 5.73. The Bertz CT molecular complexity index is 1280. The van der Waals surface area contributed by atoms with Gasteiger partial charge in [-0.05, 0) is 69.7 Å². The van der Waals surface area contributed by atoms with Gasteiger partial charge in [-0.3, -0.25) is 14.4 Å². The van der Waals surface area contributed by atoms with E-state index in [2.05, 4.69) is 20.1 Å². The molecule has 0 aromatic heterocycles. The number of carbonyl (C=O) groups excluding carboxylic acids is 3. The first-order chi connectivity index (χ1) is 21.6. The number of aliphatic hydroxyl groups excluding tert-OH is 1. The van der Waals surface area contributed by atoms with Crippen molar-refractivity contribution in [2.24, 2.45) is 17.8 Å². The zero-order chi connectivity index (χ0) is 32.5. The zero-order valence-corrected chi connectivity index (χ0v) is 28.3. The highest BCUT2D eigenvalue weighted by Crippen LogP contribution is 2.72. The number of carbonyl (C=O) groups is 3. The highest BCUT2D eigenvalue weighted by molar-refractivity contribution is 8.02. The molecule has 1 N–H and O–H groups in total.